The number of aromatic nitrogens is 6. The number of aliphatic carboxylic acids is 1. The van der Waals surface area contributed by atoms with Crippen molar-refractivity contribution in [1.82, 2.24) is 29.7 Å². The lowest BCUT2D eigenvalue weighted by Crippen LogP contribution is -2.45. The Kier molecular flexibility index (Phi) is 5.57. The molecule has 3 aliphatic carbocycles. The summed E-state index contributed by atoms with van der Waals surface area (Å²) >= 11 is 0. The van der Waals surface area contributed by atoms with Gasteiger partial charge in [-0.3, -0.25) is 9.89 Å². The number of hydrogen-bond donors (Lipinski definition) is 2. The van der Waals surface area contributed by atoms with Gasteiger partial charge in [0.25, 0.3) is 0 Å². The van der Waals surface area contributed by atoms with Crippen LogP contribution in [-0.2, 0) is 18.3 Å². The van der Waals surface area contributed by atoms with E-state index >= 15 is 0 Å². The minimum atomic E-state index is -0.719. The molecule has 8 rings (SSSR count). The van der Waals surface area contributed by atoms with Crippen molar-refractivity contribution in [3.05, 3.63) is 60.3 Å². The van der Waals surface area contributed by atoms with Crippen molar-refractivity contribution in [2.24, 2.45) is 30.7 Å². The molecule has 3 saturated carbocycles. The standard InChI is InChI=1S/C29H27FN6O3/c1-36-10-2-3-22(36)24-9-8-23(39-24)21-13-18(12-19-15-4-6-16(7-5-15)25(19)29(37)38)32-28(33-21)26-20-11-17(30)14-31-27(20)35-34-26/h2-3,8-11,13-16,19,25H,4-7,12H2,1H3,(H,37,38)(H,31,34,35)/t15?,16?,19-,25-/m0/s1. The number of halogens is 1. The van der Waals surface area contributed by atoms with E-state index in [1.54, 1.807) is 0 Å². The number of nitrogens with one attached hydrogen (secondary N) is 1. The maximum absolute atomic E-state index is 14.1. The number of carboxylic acid groups (broad SMARTS) is 1. The Labute approximate surface area is 223 Å². The Balaban J connectivity index is 1.33. The van der Waals surface area contributed by atoms with Crippen LogP contribution in [0.4, 0.5) is 4.39 Å². The van der Waals surface area contributed by atoms with Gasteiger partial charge in [-0.15, -0.1) is 0 Å². The van der Waals surface area contributed by atoms with Gasteiger partial charge in [0.15, 0.2) is 23.0 Å². The van der Waals surface area contributed by atoms with Gasteiger partial charge in [0.05, 0.1) is 23.2 Å². The molecule has 5 heterocycles. The number of fused-ring (bicyclic) bond motifs is 4. The van der Waals surface area contributed by atoms with E-state index in [-0.39, 0.29) is 17.8 Å². The molecule has 198 valence electrons. The molecule has 39 heavy (non-hydrogen) atoms. The second kappa shape index (κ2) is 9.14. The molecule has 0 amide bonds. The van der Waals surface area contributed by atoms with E-state index < -0.39 is 11.8 Å². The summed E-state index contributed by atoms with van der Waals surface area (Å²) < 4.78 is 22.3. The van der Waals surface area contributed by atoms with E-state index in [1.165, 1.54) is 6.07 Å². The molecule has 0 spiro atoms. The number of hydrogen-bond acceptors (Lipinski definition) is 6. The summed E-state index contributed by atoms with van der Waals surface area (Å²) in [6, 6.07) is 10.9. The van der Waals surface area contributed by atoms with Crippen LogP contribution >= 0.6 is 0 Å². The van der Waals surface area contributed by atoms with Gasteiger partial charge >= 0.3 is 5.97 Å². The molecule has 0 aliphatic heterocycles. The maximum Gasteiger partial charge on any atom is 0.307 e. The van der Waals surface area contributed by atoms with Gasteiger partial charge in [0.1, 0.15) is 17.2 Å². The lowest BCUT2D eigenvalue weighted by molar-refractivity contribution is -0.152. The number of carbonyl (C=O) groups is 1. The summed E-state index contributed by atoms with van der Waals surface area (Å²) in [5, 5.41) is 17.7. The number of aryl methyl sites for hydroxylation is 1. The summed E-state index contributed by atoms with van der Waals surface area (Å²) in [4.78, 5) is 26.0. The summed E-state index contributed by atoms with van der Waals surface area (Å²) in [7, 11) is 1.95. The Bertz CT molecular complexity index is 1700. The van der Waals surface area contributed by atoms with Crippen LogP contribution in [0.2, 0.25) is 0 Å². The highest BCUT2D eigenvalue weighted by Gasteiger charge is 2.47. The number of rotatable bonds is 6. The third-order valence-electron chi connectivity index (χ3n) is 8.55. The zero-order chi connectivity index (χ0) is 26.7. The second-order valence-corrected chi connectivity index (χ2v) is 10.8. The summed E-state index contributed by atoms with van der Waals surface area (Å²) in [6.45, 7) is 0. The zero-order valence-corrected chi connectivity index (χ0v) is 21.3. The number of furan rings is 1. The Hall–Kier alpha value is -4.34. The van der Waals surface area contributed by atoms with Crippen molar-refractivity contribution in [2.75, 3.05) is 0 Å². The molecular weight excluding hydrogens is 499 g/mol. The molecular formula is C29H27FN6O3. The lowest BCUT2D eigenvalue weighted by atomic mass is 9.57. The number of H-pyrrole nitrogens is 1. The number of carboxylic acids is 1. The molecule has 9 nitrogen and oxygen atoms in total. The van der Waals surface area contributed by atoms with Crippen molar-refractivity contribution < 1.29 is 18.7 Å². The molecule has 0 unspecified atom stereocenters. The van der Waals surface area contributed by atoms with E-state index in [2.05, 4.69) is 15.2 Å². The maximum atomic E-state index is 14.1. The normalized spacial score (nSPS) is 22.5. The Morgan fingerprint density at radius 3 is 2.69 bits per heavy atom. The first-order valence-corrected chi connectivity index (χ1v) is 13.3. The summed E-state index contributed by atoms with van der Waals surface area (Å²) in [5.74, 6) is 0.584. The van der Waals surface area contributed by atoms with Gasteiger partial charge in [-0.2, -0.15) is 5.10 Å². The van der Waals surface area contributed by atoms with Gasteiger partial charge in [0, 0.05) is 18.9 Å². The topological polar surface area (TPSA) is 123 Å². The average Bonchev–Trinajstić information content (AvgIpc) is 3.68. The second-order valence-electron chi connectivity index (χ2n) is 10.8. The van der Waals surface area contributed by atoms with E-state index in [0.717, 1.165) is 43.3 Å². The van der Waals surface area contributed by atoms with Crippen LogP contribution in [0.25, 0.3) is 45.5 Å². The highest BCUT2D eigenvalue weighted by molar-refractivity contribution is 5.88. The average molecular weight is 527 g/mol. The molecule has 0 radical (unpaired) electrons. The molecule has 5 aromatic heterocycles. The van der Waals surface area contributed by atoms with Crippen molar-refractivity contribution in [3.8, 4) is 34.4 Å². The van der Waals surface area contributed by atoms with Crippen LogP contribution < -0.4 is 0 Å². The predicted octanol–water partition coefficient (Wildman–Crippen LogP) is 5.50. The highest BCUT2D eigenvalue weighted by atomic mass is 19.1. The van der Waals surface area contributed by atoms with Crippen molar-refractivity contribution in [2.45, 2.75) is 32.1 Å². The smallest absolute Gasteiger partial charge is 0.307 e. The van der Waals surface area contributed by atoms with Crippen molar-refractivity contribution in [1.29, 1.82) is 0 Å². The minimum absolute atomic E-state index is 0.00116. The fourth-order valence-corrected chi connectivity index (χ4v) is 6.71. The molecule has 2 bridgehead atoms. The van der Waals surface area contributed by atoms with Gasteiger partial charge in [-0.25, -0.2) is 19.3 Å². The molecule has 2 N–H and O–H groups in total. The Morgan fingerprint density at radius 1 is 1.13 bits per heavy atom. The highest BCUT2D eigenvalue weighted by Crippen LogP contribution is 2.50. The van der Waals surface area contributed by atoms with E-state index in [9.17, 15) is 14.3 Å². The van der Waals surface area contributed by atoms with E-state index in [1.807, 2.05) is 48.1 Å². The first kappa shape index (κ1) is 23.8. The molecule has 2 atom stereocenters. The monoisotopic (exact) mass is 526 g/mol. The molecule has 5 aromatic rings. The van der Waals surface area contributed by atoms with Crippen LogP contribution in [0.5, 0.6) is 0 Å². The quantitative estimate of drug-likeness (QED) is 0.300. The van der Waals surface area contributed by atoms with Crippen LogP contribution in [0.1, 0.15) is 31.4 Å². The fraction of sp³-hybridized carbons (Fsp3) is 0.345. The molecule has 3 aliphatic rings. The van der Waals surface area contributed by atoms with Gasteiger partial charge in [-0.1, -0.05) is 0 Å². The largest absolute Gasteiger partial charge is 0.481 e. The van der Waals surface area contributed by atoms with Crippen LogP contribution in [0.3, 0.4) is 0 Å². The van der Waals surface area contributed by atoms with Crippen molar-refractivity contribution in [3.63, 3.8) is 0 Å². The van der Waals surface area contributed by atoms with Crippen LogP contribution in [0.15, 0.2) is 53.2 Å². The van der Waals surface area contributed by atoms with Crippen LogP contribution in [0, 0.1) is 29.5 Å². The number of nitrogens with zero attached hydrogens (tertiary/aromatic N) is 5. The molecule has 10 heteroatoms. The van der Waals surface area contributed by atoms with Crippen LogP contribution in [-0.4, -0.2) is 40.8 Å². The first-order chi connectivity index (χ1) is 18.9. The van der Waals surface area contributed by atoms with Gasteiger partial charge < -0.3 is 14.1 Å². The third kappa shape index (κ3) is 4.10. The van der Waals surface area contributed by atoms with Gasteiger partial charge in [0.2, 0.25) is 0 Å². The Morgan fingerprint density at radius 2 is 1.92 bits per heavy atom. The zero-order valence-electron chi connectivity index (χ0n) is 21.3. The molecule has 0 saturated heterocycles. The van der Waals surface area contributed by atoms with E-state index in [4.69, 9.17) is 14.4 Å². The SMILES string of the molecule is Cn1cccc1-c1ccc(-c2cc(C[C@H]3C4CCC(CC4)[C@@H]3C(=O)O)nc(-c3[nH]nc4ncc(F)cc34)n2)o1. The summed E-state index contributed by atoms with van der Waals surface area (Å²) in [6.07, 6.45) is 7.65. The fourth-order valence-electron chi connectivity index (χ4n) is 6.71. The number of pyridine rings is 1. The minimum Gasteiger partial charge on any atom is -0.481 e. The molecule has 3 fully saturated rings. The molecule has 0 aromatic carbocycles. The van der Waals surface area contributed by atoms with Crippen molar-refractivity contribution >= 4 is 17.0 Å². The lowest BCUT2D eigenvalue weighted by Gasteiger charge is -2.46. The summed E-state index contributed by atoms with van der Waals surface area (Å²) in [5.41, 5.74) is 3.04. The van der Waals surface area contributed by atoms with Gasteiger partial charge in [-0.05, 0) is 86.3 Å². The third-order valence-corrected chi connectivity index (χ3v) is 8.55. The number of aromatic amines is 1. The first-order valence-electron chi connectivity index (χ1n) is 13.3. The predicted molar refractivity (Wildman–Crippen MR) is 141 cm³/mol. The van der Waals surface area contributed by atoms with E-state index in [0.29, 0.717) is 52.1 Å².